The fourth-order valence-electron chi connectivity index (χ4n) is 1.12. The highest BCUT2D eigenvalue weighted by Crippen LogP contribution is 2.23. The lowest BCUT2D eigenvalue weighted by atomic mass is 10.1. The molecule has 0 aliphatic carbocycles. The van der Waals surface area contributed by atoms with Crippen molar-refractivity contribution < 1.29 is 10.2 Å². The first kappa shape index (κ1) is 13.1. The lowest BCUT2D eigenvalue weighted by molar-refractivity contribution is 0.278. The van der Waals surface area contributed by atoms with Gasteiger partial charge in [-0.2, -0.15) is 0 Å². The van der Waals surface area contributed by atoms with E-state index in [0.717, 1.165) is 0 Å². The molecule has 0 aliphatic rings. The highest BCUT2D eigenvalue weighted by Gasteiger charge is 2.09. The van der Waals surface area contributed by atoms with E-state index in [9.17, 15) is 5.11 Å². The monoisotopic (exact) mass is 219 g/mol. The maximum atomic E-state index is 9.57. The number of pyridine rings is 1. The average molecular weight is 220 g/mol. The van der Waals surface area contributed by atoms with Crippen LogP contribution in [0.2, 0.25) is 0 Å². The Morgan fingerprint density at radius 1 is 1.57 bits per heavy atom. The zero-order chi connectivity index (χ0) is 9.84. The number of nitrogens with one attached hydrogen (secondary N) is 1. The van der Waals surface area contributed by atoms with Crippen molar-refractivity contribution >= 4 is 12.4 Å². The molecule has 0 bridgehead atoms. The van der Waals surface area contributed by atoms with E-state index in [-0.39, 0.29) is 24.8 Å². The van der Waals surface area contributed by atoms with Crippen LogP contribution in [0.3, 0.4) is 0 Å². The van der Waals surface area contributed by atoms with Crippen LogP contribution < -0.4 is 11.3 Å². The molecule has 5 nitrogen and oxygen atoms in total. The van der Waals surface area contributed by atoms with Gasteiger partial charge in [-0.1, -0.05) is 0 Å². The van der Waals surface area contributed by atoms with Crippen molar-refractivity contribution in [1.82, 2.24) is 10.4 Å². The summed E-state index contributed by atoms with van der Waals surface area (Å²) in [4.78, 5) is 3.91. The number of halogens is 1. The third-order valence-electron chi connectivity index (χ3n) is 1.88. The zero-order valence-electron chi connectivity index (χ0n) is 7.82. The molecule has 0 fully saturated rings. The Kier molecular flexibility index (Phi) is 5.40. The van der Waals surface area contributed by atoms with Crippen molar-refractivity contribution in [2.75, 3.05) is 0 Å². The van der Waals surface area contributed by atoms with Crippen molar-refractivity contribution in [3.63, 3.8) is 0 Å². The second-order valence-corrected chi connectivity index (χ2v) is 2.74. The minimum Gasteiger partial charge on any atom is -0.506 e. The summed E-state index contributed by atoms with van der Waals surface area (Å²) in [5.74, 6) is 5.23. The number of aliphatic hydroxyl groups excluding tert-OH is 1. The van der Waals surface area contributed by atoms with Crippen LogP contribution in [-0.4, -0.2) is 15.2 Å². The number of nitrogens with two attached hydrogens (primary N) is 1. The Hall–Kier alpha value is -0.880. The molecular weight excluding hydrogens is 206 g/mol. The minimum absolute atomic E-state index is 0. The van der Waals surface area contributed by atoms with Crippen molar-refractivity contribution in [2.24, 2.45) is 5.84 Å². The summed E-state index contributed by atoms with van der Waals surface area (Å²) in [6.45, 7) is 1.85. The third-order valence-corrected chi connectivity index (χ3v) is 1.88. The Balaban J connectivity index is 0.00000169. The van der Waals surface area contributed by atoms with E-state index in [2.05, 4.69) is 10.4 Å². The lowest BCUT2D eigenvalue weighted by Crippen LogP contribution is -2.22. The van der Waals surface area contributed by atoms with Gasteiger partial charge in [0.05, 0.1) is 12.3 Å². The maximum Gasteiger partial charge on any atom is 0.141 e. The number of hydrogen-bond donors (Lipinski definition) is 4. The molecule has 0 aromatic carbocycles. The van der Waals surface area contributed by atoms with Crippen molar-refractivity contribution in [3.8, 4) is 5.75 Å². The van der Waals surface area contributed by atoms with Crippen LogP contribution in [0.15, 0.2) is 6.20 Å². The molecule has 80 valence electrons. The Labute approximate surface area is 88.3 Å². The Morgan fingerprint density at radius 3 is 2.71 bits per heavy atom. The molecule has 1 aromatic heterocycles. The molecule has 0 amide bonds. The lowest BCUT2D eigenvalue weighted by Gasteiger charge is -2.10. The van der Waals surface area contributed by atoms with Crippen LogP contribution in [-0.2, 0) is 13.2 Å². The number of hydrogen-bond acceptors (Lipinski definition) is 5. The molecule has 0 spiro atoms. The molecule has 0 radical (unpaired) electrons. The molecule has 6 heteroatoms. The second-order valence-electron chi connectivity index (χ2n) is 2.74. The third kappa shape index (κ3) is 2.55. The van der Waals surface area contributed by atoms with Gasteiger partial charge in [-0.25, -0.2) is 0 Å². The summed E-state index contributed by atoms with van der Waals surface area (Å²) < 4.78 is 0. The normalized spacial score (nSPS) is 9.64. The summed E-state index contributed by atoms with van der Waals surface area (Å²) in [5.41, 5.74) is 4.14. The first-order valence-electron chi connectivity index (χ1n) is 3.91. The highest BCUT2D eigenvalue weighted by molar-refractivity contribution is 5.85. The first-order valence-corrected chi connectivity index (χ1v) is 3.91. The quantitative estimate of drug-likeness (QED) is 0.424. The molecule has 1 heterocycles. The van der Waals surface area contributed by atoms with Gasteiger partial charge in [0.2, 0.25) is 0 Å². The summed E-state index contributed by atoms with van der Waals surface area (Å²) in [6.07, 6.45) is 1.53. The van der Waals surface area contributed by atoms with Crippen LogP contribution in [0.25, 0.3) is 0 Å². The number of aromatic hydroxyl groups is 1. The van der Waals surface area contributed by atoms with Gasteiger partial charge in [-0.05, 0) is 6.92 Å². The number of aryl methyl sites for hydroxylation is 1. The topological polar surface area (TPSA) is 91.4 Å². The van der Waals surface area contributed by atoms with E-state index >= 15 is 0 Å². The molecule has 1 aromatic rings. The van der Waals surface area contributed by atoms with E-state index in [1.54, 1.807) is 6.92 Å². The zero-order valence-corrected chi connectivity index (χ0v) is 8.64. The highest BCUT2D eigenvalue weighted by atomic mass is 35.5. The fraction of sp³-hybridized carbons (Fsp3) is 0.375. The molecule has 5 N–H and O–H groups in total. The van der Waals surface area contributed by atoms with Crippen molar-refractivity contribution in [3.05, 3.63) is 23.0 Å². The van der Waals surface area contributed by atoms with Gasteiger partial charge in [0.1, 0.15) is 5.75 Å². The molecule has 0 aliphatic heterocycles. The predicted molar refractivity (Wildman–Crippen MR) is 54.8 cm³/mol. The van der Waals surface area contributed by atoms with Crippen molar-refractivity contribution in [2.45, 2.75) is 20.1 Å². The van der Waals surface area contributed by atoms with Crippen LogP contribution in [0.1, 0.15) is 16.8 Å². The Morgan fingerprint density at radius 2 is 2.21 bits per heavy atom. The van der Waals surface area contributed by atoms with Gasteiger partial charge in [-0.3, -0.25) is 16.3 Å². The number of nitrogens with zero attached hydrogens (tertiary/aromatic N) is 1. The number of rotatable bonds is 3. The van der Waals surface area contributed by atoms with E-state index < -0.39 is 0 Å². The van der Waals surface area contributed by atoms with E-state index in [0.29, 0.717) is 23.4 Å². The van der Waals surface area contributed by atoms with E-state index in [4.69, 9.17) is 10.9 Å². The summed E-state index contributed by atoms with van der Waals surface area (Å²) in [6, 6.07) is 0. The fourth-order valence-corrected chi connectivity index (χ4v) is 1.12. The van der Waals surface area contributed by atoms with Gasteiger partial charge in [0.25, 0.3) is 0 Å². The smallest absolute Gasteiger partial charge is 0.141 e. The van der Waals surface area contributed by atoms with Crippen LogP contribution in [0.5, 0.6) is 5.75 Å². The maximum absolute atomic E-state index is 9.57. The molecule has 0 unspecified atom stereocenters. The molecular formula is C8H14ClN3O2. The van der Waals surface area contributed by atoms with Crippen molar-refractivity contribution in [1.29, 1.82) is 0 Å². The van der Waals surface area contributed by atoms with E-state index in [1.165, 1.54) is 6.20 Å². The number of hydrazine groups is 1. The predicted octanol–water partition coefficient (Wildman–Crippen LogP) is -0.0270. The van der Waals surface area contributed by atoms with Gasteiger partial charge in [0.15, 0.2) is 0 Å². The summed E-state index contributed by atoms with van der Waals surface area (Å²) >= 11 is 0. The van der Waals surface area contributed by atoms with Gasteiger partial charge >= 0.3 is 0 Å². The van der Waals surface area contributed by atoms with Gasteiger partial charge in [-0.15, -0.1) is 12.4 Å². The SMILES string of the molecule is Cc1ncc(CO)c(CNN)c1O.Cl. The van der Waals surface area contributed by atoms with Gasteiger partial charge in [0, 0.05) is 23.9 Å². The molecule has 14 heavy (non-hydrogen) atoms. The van der Waals surface area contributed by atoms with Crippen LogP contribution >= 0.6 is 12.4 Å². The van der Waals surface area contributed by atoms with Gasteiger partial charge < -0.3 is 10.2 Å². The second kappa shape index (κ2) is 5.77. The number of aromatic nitrogens is 1. The molecule has 0 atom stereocenters. The standard InChI is InChI=1S/C8H13N3O2.ClH/c1-5-8(13)7(3-11-9)6(4-12)2-10-5;/h2,11-13H,3-4,9H2,1H3;1H. The number of aliphatic hydroxyl groups is 1. The Bertz CT molecular complexity index is 307. The van der Waals surface area contributed by atoms with Crippen LogP contribution in [0.4, 0.5) is 0 Å². The molecule has 0 saturated carbocycles. The first-order chi connectivity index (χ1) is 6.20. The molecule has 0 saturated heterocycles. The molecule has 1 rings (SSSR count). The minimum atomic E-state index is -0.155. The summed E-state index contributed by atoms with van der Waals surface area (Å²) in [5, 5.41) is 18.5. The average Bonchev–Trinajstić information content (AvgIpc) is 2.14. The largest absolute Gasteiger partial charge is 0.506 e. The van der Waals surface area contributed by atoms with Crippen LogP contribution in [0, 0.1) is 6.92 Å². The summed E-state index contributed by atoms with van der Waals surface area (Å²) in [7, 11) is 0. The van der Waals surface area contributed by atoms with E-state index in [1.807, 2.05) is 0 Å².